The molecule has 564 valence electrons. The maximum atomic E-state index is 12.7. The highest BCUT2D eigenvalue weighted by molar-refractivity contribution is 5.75. The van der Waals surface area contributed by atoms with Crippen molar-refractivity contribution in [3.8, 4) is 114 Å². The molecule has 0 bridgehead atoms. The summed E-state index contributed by atoms with van der Waals surface area (Å²) in [5.74, 6) is 5.55. The first-order chi connectivity index (χ1) is 54.0. The lowest BCUT2D eigenvalue weighted by Crippen LogP contribution is -2.04. The van der Waals surface area contributed by atoms with Crippen LogP contribution in [0, 0.1) is 6.92 Å². The van der Waals surface area contributed by atoms with Crippen LogP contribution in [0.5, 0.6) is 23.0 Å². The van der Waals surface area contributed by atoms with E-state index in [1.54, 1.807) is 91.4 Å². The van der Waals surface area contributed by atoms with Crippen molar-refractivity contribution < 1.29 is 69.9 Å². The number of aryl methyl sites for hydroxylation is 1. The number of rotatable bonds is 30. The van der Waals surface area contributed by atoms with Crippen molar-refractivity contribution in [2.75, 3.05) is 95.0 Å². The molecule has 34 nitrogen and oxygen atoms in total. The molecule has 0 aliphatic heterocycles. The second kappa shape index (κ2) is 36.9. The summed E-state index contributed by atoms with van der Waals surface area (Å²) in [5.41, 5.74) is 12.3. The maximum absolute atomic E-state index is 12.7. The summed E-state index contributed by atoms with van der Waals surface area (Å²) >= 11 is 0. The van der Waals surface area contributed by atoms with E-state index >= 15 is 0 Å². The number of ether oxygens (including phenoxy) is 10. The fraction of sp³-hybridized carbons (Fsp3) is 0.253. The van der Waals surface area contributed by atoms with Gasteiger partial charge in [0.15, 0.2) is 29.3 Å². The normalized spacial score (nSPS) is 11.2. The van der Waals surface area contributed by atoms with E-state index < -0.39 is 6.67 Å². The van der Waals surface area contributed by atoms with E-state index in [4.69, 9.17) is 65.5 Å². The number of aromatic nitrogens is 20. The third kappa shape index (κ3) is 19.3. The van der Waals surface area contributed by atoms with Gasteiger partial charge >= 0.3 is 0 Å². The Morgan fingerprint density at radius 2 is 0.636 bits per heavy atom. The van der Waals surface area contributed by atoms with E-state index in [1.807, 2.05) is 147 Å². The van der Waals surface area contributed by atoms with Gasteiger partial charge in [-0.15, -0.1) is 0 Å². The lowest BCUT2D eigenvalue weighted by molar-refractivity contribution is 0.109. The Bertz CT molecular complexity index is 5500. The molecule has 0 aliphatic carbocycles. The average Bonchev–Trinajstić information content (AvgIpc) is 1.63. The van der Waals surface area contributed by atoms with Gasteiger partial charge in [-0.1, -0.05) is 20.6 Å². The zero-order valence-electron chi connectivity index (χ0n) is 60.7. The Kier molecular flexibility index (Phi) is 25.2. The van der Waals surface area contributed by atoms with Gasteiger partial charge in [-0.2, -0.15) is 40.3 Å². The molecule has 0 fully saturated rings. The van der Waals surface area contributed by atoms with Gasteiger partial charge in [-0.05, 0) is 128 Å². The van der Waals surface area contributed by atoms with Crippen LogP contribution in [0.15, 0.2) is 189 Å². The Balaban J connectivity index is 0.000000129. The molecular formula is C75H73FN20O14. The summed E-state index contributed by atoms with van der Waals surface area (Å²) in [7, 11) is 8.08. The van der Waals surface area contributed by atoms with Crippen molar-refractivity contribution in [1.29, 1.82) is 0 Å². The van der Waals surface area contributed by atoms with Crippen LogP contribution in [0.25, 0.3) is 113 Å². The topological polar surface area (TPSA) is 369 Å². The van der Waals surface area contributed by atoms with Crippen LogP contribution in [-0.4, -0.2) is 194 Å². The molecule has 12 aromatic heterocycles. The summed E-state index contributed by atoms with van der Waals surface area (Å²) in [6.07, 6.45) is 14.2. The number of methoxy groups -OCH3 is 5. The largest absolute Gasteiger partial charge is 0.491 e. The summed E-state index contributed by atoms with van der Waals surface area (Å²) in [6, 6.07) is 37.6. The van der Waals surface area contributed by atoms with Crippen LogP contribution in [0.4, 0.5) is 4.39 Å². The molecular weight excluding hydrogens is 1420 g/mol. The zero-order valence-corrected chi connectivity index (χ0v) is 60.7. The fourth-order valence-electron chi connectivity index (χ4n) is 10.7. The molecule has 0 amide bonds. The second-order valence-corrected chi connectivity index (χ2v) is 23.5. The van der Waals surface area contributed by atoms with Crippen molar-refractivity contribution in [3.63, 3.8) is 0 Å². The van der Waals surface area contributed by atoms with E-state index in [1.165, 1.54) is 0 Å². The quantitative estimate of drug-likeness (QED) is 0.0377. The average molecular weight is 1500 g/mol. The Labute approximate surface area is 625 Å². The Morgan fingerprint density at radius 1 is 0.336 bits per heavy atom. The van der Waals surface area contributed by atoms with Gasteiger partial charge in [0.05, 0.1) is 74.0 Å². The molecule has 0 saturated heterocycles. The molecule has 12 heterocycles. The minimum atomic E-state index is -0.817. The fourth-order valence-corrected chi connectivity index (χ4v) is 10.7. The summed E-state index contributed by atoms with van der Waals surface area (Å²) in [6.45, 7) is 7.54. The van der Waals surface area contributed by atoms with E-state index in [0.29, 0.717) is 129 Å². The molecule has 0 saturated carbocycles. The van der Waals surface area contributed by atoms with Gasteiger partial charge in [-0.3, -0.25) is 0 Å². The van der Waals surface area contributed by atoms with Crippen molar-refractivity contribution in [3.05, 3.63) is 194 Å². The van der Waals surface area contributed by atoms with E-state index in [2.05, 4.69) is 80.9 Å². The third-order valence-corrected chi connectivity index (χ3v) is 15.8. The summed E-state index contributed by atoms with van der Waals surface area (Å²) < 4.78 is 93.8. The number of hydrogen-bond donors (Lipinski definition) is 0. The number of nitrogens with zero attached hydrogens (tertiary/aromatic N) is 20. The van der Waals surface area contributed by atoms with Crippen molar-refractivity contribution >= 4 is 22.6 Å². The molecule has 4 aromatic carbocycles. The molecule has 0 unspecified atom stereocenters. The highest BCUT2D eigenvalue weighted by Crippen LogP contribution is 2.35. The second-order valence-electron chi connectivity index (χ2n) is 23.5. The van der Waals surface area contributed by atoms with Crippen LogP contribution < -0.4 is 18.9 Å². The van der Waals surface area contributed by atoms with Gasteiger partial charge in [0.25, 0.3) is 17.7 Å². The molecule has 110 heavy (non-hydrogen) atoms. The lowest BCUT2D eigenvalue weighted by atomic mass is 10.1. The smallest absolute Gasteiger partial charge is 0.258 e. The Morgan fingerprint density at radius 3 is 0.918 bits per heavy atom. The Hall–Kier alpha value is -13.2. The molecule has 16 rings (SSSR count). The lowest BCUT2D eigenvalue weighted by Gasteiger charge is -2.09. The first kappa shape index (κ1) is 75.1. The number of alkyl halides is 1. The van der Waals surface area contributed by atoms with E-state index in [0.717, 1.165) is 78.6 Å². The molecule has 0 N–H and O–H groups in total. The maximum Gasteiger partial charge on any atom is 0.258 e. The molecule has 0 radical (unpaired) electrons. The van der Waals surface area contributed by atoms with Crippen LogP contribution >= 0.6 is 0 Å². The molecule has 16 aromatic rings. The highest BCUT2D eigenvalue weighted by Gasteiger charge is 2.20. The van der Waals surface area contributed by atoms with Crippen molar-refractivity contribution in [2.24, 2.45) is 0 Å². The number of imidazole rings is 4. The molecule has 0 spiro atoms. The van der Waals surface area contributed by atoms with Crippen LogP contribution in [0.1, 0.15) is 30.5 Å². The van der Waals surface area contributed by atoms with Gasteiger partial charge < -0.3 is 65.5 Å². The first-order valence-corrected chi connectivity index (χ1v) is 34.3. The molecule has 0 aliphatic rings. The van der Waals surface area contributed by atoms with Gasteiger partial charge in [0.2, 0.25) is 29.2 Å². The summed E-state index contributed by atoms with van der Waals surface area (Å²) in [5, 5.41) is 33.0. The standard InChI is InChI=1S/C20H21N5O4.C19H19N5O4.C18H16FN5O3.C18H17N5O3/c1-3-27-13-19-23-20(24-29-19)15-9-14(10-16(11-15)28-8-7-26-2)17-12-25-18(22-17)5-4-6-21-25;1-25-6-7-27-15-9-13(16-11-24-17(21-16)4-3-5-20-24)8-14(10-15)19-22-18(12-26-2)28-23-19;1-25-5-6-26-14-8-12(15-11-24-16(21-15)3-2-4-20-24)7-13(9-14)18-22-17(10-19)27-23-18;1-12-20-18(22-26-12)14-8-13(9-15(10-14)25-7-6-24-2)16-11-23-17(21-16)4-3-5-19-23/h4-6,9-12H,3,7-8,13H2,1-2H3;3-5,8-11H,6-7,12H2,1-2H3;2-4,7-9,11H,5-6,10H2,1H3;3-5,8-11H,6-7H2,1-2H3. The van der Waals surface area contributed by atoms with Crippen LogP contribution in [0.3, 0.4) is 0 Å². The monoisotopic (exact) mass is 1500 g/mol. The molecule has 0 atom stereocenters. The number of halogens is 1. The van der Waals surface area contributed by atoms with Gasteiger partial charge in [-0.25, -0.2) is 42.4 Å². The molecule has 35 heteroatoms. The van der Waals surface area contributed by atoms with Gasteiger partial charge in [0.1, 0.15) is 62.6 Å². The van der Waals surface area contributed by atoms with E-state index in [-0.39, 0.29) is 24.9 Å². The van der Waals surface area contributed by atoms with Gasteiger partial charge in [0, 0.05) is 118 Å². The first-order valence-electron chi connectivity index (χ1n) is 34.3. The number of fused-ring (bicyclic) bond motifs is 4. The predicted octanol–water partition coefficient (Wildman–Crippen LogP) is 11.3. The van der Waals surface area contributed by atoms with E-state index in [9.17, 15) is 4.39 Å². The van der Waals surface area contributed by atoms with Crippen LogP contribution in [0.2, 0.25) is 0 Å². The van der Waals surface area contributed by atoms with Crippen molar-refractivity contribution in [2.45, 2.75) is 33.7 Å². The number of benzene rings is 4. The predicted molar refractivity (Wildman–Crippen MR) is 392 cm³/mol. The minimum absolute atomic E-state index is 0.0748. The zero-order chi connectivity index (χ0) is 76.0. The van der Waals surface area contributed by atoms with Crippen molar-refractivity contribution in [1.82, 2.24) is 99.0 Å². The SMILES string of the molecule is CCOCc1nc(-c2cc(OCCOC)cc(-c3cn4ncccc4n3)c2)no1.COCCOc1cc(-c2cn3ncccc3n2)cc(-c2noc(C)n2)c1.COCCOc1cc(-c2cn3ncccc3n2)cc(-c2noc(CF)n2)c1.COCCOc1cc(-c2cn3ncccc3n2)cc(-c2noc(COC)n2)c1. The summed E-state index contributed by atoms with van der Waals surface area (Å²) in [4.78, 5) is 35.6. The highest BCUT2D eigenvalue weighted by atomic mass is 19.1. The van der Waals surface area contributed by atoms with Crippen LogP contribution in [-0.2, 0) is 48.3 Å². The third-order valence-electron chi connectivity index (χ3n) is 15.8. The minimum Gasteiger partial charge on any atom is -0.491 e. The number of hydrogen-bond acceptors (Lipinski definition) is 30.